The van der Waals surface area contributed by atoms with E-state index in [4.69, 9.17) is 4.42 Å². The zero-order valence-electron chi connectivity index (χ0n) is 12.9. The van der Waals surface area contributed by atoms with E-state index >= 15 is 0 Å². The molecule has 0 amide bonds. The van der Waals surface area contributed by atoms with Crippen LogP contribution in [0.25, 0.3) is 0 Å². The van der Waals surface area contributed by atoms with Crippen molar-refractivity contribution in [1.82, 2.24) is 5.32 Å². The van der Waals surface area contributed by atoms with Crippen LogP contribution in [0.3, 0.4) is 0 Å². The molecule has 1 N–H and O–H groups in total. The van der Waals surface area contributed by atoms with Gasteiger partial charge in [0, 0.05) is 12.5 Å². The summed E-state index contributed by atoms with van der Waals surface area (Å²) >= 11 is 0. The highest BCUT2D eigenvalue weighted by atomic mass is 16.3. The minimum Gasteiger partial charge on any atom is -0.469 e. The third-order valence-corrected chi connectivity index (χ3v) is 3.62. The smallest absolute Gasteiger partial charge is 0.105 e. The molecule has 0 bridgehead atoms. The number of hydrogen-bond donors (Lipinski definition) is 1. The normalized spacial score (nSPS) is 13.4. The zero-order valence-corrected chi connectivity index (χ0v) is 12.9. The second-order valence-corrected chi connectivity index (χ2v) is 6.27. The fourth-order valence-corrected chi connectivity index (χ4v) is 2.40. The Morgan fingerprint density at radius 1 is 1.10 bits per heavy atom. The lowest BCUT2D eigenvalue weighted by molar-refractivity contribution is 0.455. The van der Waals surface area contributed by atoms with Gasteiger partial charge in [-0.15, -0.1) is 0 Å². The lowest BCUT2D eigenvalue weighted by atomic mass is 9.86. The molecule has 0 aliphatic heterocycles. The maximum absolute atomic E-state index is 5.47. The first-order chi connectivity index (χ1) is 9.50. The van der Waals surface area contributed by atoms with Crippen LogP contribution >= 0.6 is 0 Å². The summed E-state index contributed by atoms with van der Waals surface area (Å²) in [6, 6.07) is 13.2. The lowest BCUT2D eigenvalue weighted by Gasteiger charge is -2.22. The van der Waals surface area contributed by atoms with Gasteiger partial charge in [-0.3, -0.25) is 0 Å². The number of likely N-dealkylation sites (N-methyl/N-ethyl adjacent to an activating group) is 1. The number of nitrogens with one attached hydrogen (secondary N) is 1. The zero-order chi connectivity index (χ0) is 14.6. The fraction of sp³-hybridized carbons (Fsp3) is 0.444. The van der Waals surface area contributed by atoms with Crippen LogP contribution in [-0.2, 0) is 11.8 Å². The van der Waals surface area contributed by atoms with E-state index in [0.717, 1.165) is 18.7 Å². The molecule has 1 aromatic heterocycles. The molecule has 2 rings (SSSR count). The highest BCUT2D eigenvalue weighted by molar-refractivity contribution is 5.29. The summed E-state index contributed by atoms with van der Waals surface area (Å²) in [6.07, 6.45) is 2.62. The van der Waals surface area contributed by atoms with E-state index in [9.17, 15) is 0 Å². The monoisotopic (exact) mass is 271 g/mol. The van der Waals surface area contributed by atoms with Crippen molar-refractivity contribution in [2.24, 2.45) is 0 Å². The van der Waals surface area contributed by atoms with Gasteiger partial charge in [0.15, 0.2) is 0 Å². The third-order valence-electron chi connectivity index (χ3n) is 3.62. The Labute approximate surface area is 122 Å². The first-order valence-electron chi connectivity index (χ1n) is 7.37. The van der Waals surface area contributed by atoms with Crippen LogP contribution in [0.2, 0.25) is 0 Å². The van der Waals surface area contributed by atoms with Crippen LogP contribution in [0.15, 0.2) is 47.1 Å². The molecule has 2 heteroatoms. The summed E-state index contributed by atoms with van der Waals surface area (Å²) < 4.78 is 5.47. The molecule has 0 fully saturated rings. The molecule has 2 aromatic rings. The van der Waals surface area contributed by atoms with Crippen LogP contribution in [0.4, 0.5) is 0 Å². The van der Waals surface area contributed by atoms with Gasteiger partial charge in [-0.25, -0.2) is 0 Å². The predicted molar refractivity (Wildman–Crippen MR) is 84.0 cm³/mol. The van der Waals surface area contributed by atoms with Crippen molar-refractivity contribution >= 4 is 0 Å². The van der Waals surface area contributed by atoms with Gasteiger partial charge in [-0.2, -0.15) is 0 Å². The number of furan rings is 1. The minimum atomic E-state index is 0.202. The van der Waals surface area contributed by atoms with E-state index in [1.54, 1.807) is 6.26 Å². The topological polar surface area (TPSA) is 25.2 Å². The summed E-state index contributed by atoms with van der Waals surface area (Å²) in [5, 5.41) is 3.54. The molecular weight excluding hydrogens is 246 g/mol. The summed E-state index contributed by atoms with van der Waals surface area (Å²) in [5.74, 6) is 1.02. The Hall–Kier alpha value is -1.54. The SMILES string of the molecule is CCNC(Cc1ccco1)c1ccc(C(C)(C)C)cc1. The highest BCUT2D eigenvalue weighted by Gasteiger charge is 2.16. The van der Waals surface area contributed by atoms with Crippen molar-refractivity contribution in [2.75, 3.05) is 6.54 Å². The van der Waals surface area contributed by atoms with Crippen molar-refractivity contribution in [2.45, 2.75) is 45.6 Å². The fourth-order valence-electron chi connectivity index (χ4n) is 2.40. The lowest BCUT2D eigenvalue weighted by Crippen LogP contribution is -2.23. The Kier molecular flexibility index (Phi) is 4.66. The minimum absolute atomic E-state index is 0.202. The third kappa shape index (κ3) is 3.73. The van der Waals surface area contributed by atoms with Gasteiger partial charge in [-0.1, -0.05) is 52.0 Å². The first kappa shape index (κ1) is 14.9. The summed E-state index contributed by atoms with van der Waals surface area (Å²) in [5.41, 5.74) is 2.89. The van der Waals surface area contributed by atoms with Gasteiger partial charge in [-0.05, 0) is 35.2 Å². The first-order valence-corrected chi connectivity index (χ1v) is 7.37. The second kappa shape index (κ2) is 6.27. The van der Waals surface area contributed by atoms with Gasteiger partial charge < -0.3 is 9.73 Å². The van der Waals surface area contributed by atoms with Gasteiger partial charge in [0.1, 0.15) is 5.76 Å². The van der Waals surface area contributed by atoms with Crippen molar-refractivity contribution in [1.29, 1.82) is 0 Å². The van der Waals surface area contributed by atoms with Crippen molar-refractivity contribution < 1.29 is 4.42 Å². The molecule has 0 aliphatic rings. The Bertz CT molecular complexity index is 505. The molecule has 1 aromatic carbocycles. The van der Waals surface area contributed by atoms with E-state index in [1.165, 1.54) is 11.1 Å². The molecule has 108 valence electrons. The van der Waals surface area contributed by atoms with Crippen molar-refractivity contribution in [3.05, 3.63) is 59.5 Å². The highest BCUT2D eigenvalue weighted by Crippen LogP contribution is 2.25. The van der Waals surface area contributed by atoms with Crippen LogP contribution in [0.1, 0.15) is 50.6 Å². The maximum atomic E-state index is 5.47. The Morgan fingerprint density at radius 2 is 1.80 bits per heavy atom. The summed E-state index contributed by atoms with van der Waals surface area (Å²) in [7, 11) is 0. The van der Waals surface area contributed by atoms with Crippen molar-refractivity contribution in [3.8, 4) is 0 Å². The van der Waals surface area contributed by atoms with Gasteiger partial charge in [0.25, 0.3) is 0 Å². The summed E-state index contributed by atoms with van der Waals surface area (Å²) in [6.45, 7) is 9.82. The average molecular weight is 271 g/mol. The largest absolute Gasteiger partial charge is 0.469 e. The molecule has 0 aliphatic carbocycles. The Balaban J connectivity index is 2.17. The molecule has 0 spiro atoms. The molecule has 1 atom stereocenters. The van der Waals surface area contributed by atoms with Crippen LogP contribution in [-0.4, -0.2) is 6.54 Å². The molecular formula is C18H25NO. The summed E-state index contributed by atoms with van der Waals surface area (Å²) in [4.78, 5) is 0. The predicted octanol–water partition coefficient (Wildman–Crippen LogP) is 4.47. The molecule has 0 radical (unpaired) electrons. The van der Waals surface area contributed by atoms with Gasteiger partial charge >= 0.3 is 0 Å². The molecule has 1 unspecified atom stereocenters. The van der Waals surface area contributed by atoms with Crippen LogP contribution in [0.5, 0.6) is 0 Å². The van der Waals surface area contributed by atoms with E-state index in [1.807, 2.05) is 12.1 Å². The van der Waals surface area contributed by atoms with Gasteiger partial charge in [0.05, 0.1) is 6.26 Å². The molecule has 1 heterocycles. The standard InChI is InChI=1S/C18H25NO/c1-5-19-17(13-16-7-6-12-20-16)14-8-10-15(11-9-14)18(2,3)4/h6-12,17,19H,5,13H2,1-4H3. The number of hydrogen-bond acceptors (Lipinski definition) is 2. The molecule has 0 saturated carbocycles. The molecule has 0 saturated heterocycles. The maximum Gasteiger partial charge on any atom is 0.105 e. The van der Waals surface area contributed by atoms with E-state index < -0.39 is 0 Å². The van der Waals surface area contributed by atoms with E-state index in [-0.39, 0.29) is 5.41 Å². The van der Waals surface area contributed by atoms with E-state index in [2.05, 4.69) is 57.3 Å². The van der Waals surface area contributed by atoms with Crippen LogP contribution < -0.4 is 5.32 Å². The Morgan fingerprint density at radius 3 is 2.30 bits per heavy atom. The van der Waals surface area contributed by atoms with Gasteiger partial charge in [0.2, 0.25) is 0 Å². The van der Waals surface area contributed by atoms with Crippen LogP contribution in [0, 0.1) is 0 Å². The molecule has 20 heavy (non-hydrogen) atoms. The average Bonchev–Trinajstić information content (AvgIpc) is 2.90. The second-order valence-electron chi connectivity index (χ2n) is 6.27. The number of rotatable bonds is 5. The number of benzene rings is 1. The quantitative estimate of drug-likeness (QED) is 0.868. The van der Waals surface area contributed by atoms with E-state index in [0.29, 0.717) is 6.04 Å². The van der Waals surface area contributed by atoms with Crippen molar-refractivity contribution in [3.63, 3.8) is 0 Å². The molecule has 2 nitrogen and oxygen atoms in total.